The molecule has 3 amide bonds. The largest absolute Gasteiger partial charge is 0.573 e. The number of benzene rings is 2. The average Bonchev–Trinajstić information content (AvgIpc) is 3.42. The summed E-state index contributed by atoms with van der Waals surface area (Å²) in [7, 11) is 0. The molecule has 3 heterocycles. The lowest BCUT2D eigenvalue weighted by atomic mass is 9.77. The van der Waals surface area contributed by atoms with E-state index in [-0.39, 0.29) is 24.0 Å². The molecule has 11 heteroatoms. The minimum atomic E-state index is -4.81. The molecule has 0 aromatic heterocycles. The Bertz CT molecular complexity index is 1210. The number of nitrogens with one attached hydrogen (secondary N) is 2. The molecule has 1 spiro atoms. The Hall–Kier alpha value is -3.86. The van der Waals surface area contributed by atoms with Crippen molar-refractivity contribution in [2.24, 2.45) is 11.8 Å². The highest BCUT2D eigenvalue weighted by atomic mass is 19.4. The van der Waals surface area contributed by atoms with Crippen LogP contribution in [-0.4, -0.2) is 42.3 Å². The van der Waals surface area contributed by atoms with Crippen molar-refractivity contribution >= 4 is 34.8 Å². The van der Waals surface area contributed by atoms with Crippen LogP contribution in [0.15, 0.2) is 60.7 Å². The lowest BCUT2D eigenvalue weighted by Gasteiger charge is -2.23. The summed E-state index contributed by atoms with van der Waals surface area (Å²) in [6.45, 7) is 1.63. The predicted octanol–water partition coefficient (Wildman–Crippen LogP) is 3.47. The van der Waals surface area contributed by atoms with Crippen LogP contribution >= 0.6 is 0 Å². The fourth-order valence-electron chi connectivity index (χ4n) is 4.91. The van der Waals surface area contributed by atoms with E-state index in [2.05, 4.69) is 15.4 Å². The first-order chi connectivity index (χ1) is 16.5. The van der Waals surface area contributed by atoms with Crippen molar-refractivity contribution in [3.8, 4) is 5.75 Å². The van der Waals surface area contributed by atoms with Gasteiger partial charge in [0.2, 0.25) is 17.7 Å². The zero-order valence-corrected chi connectivity index (χ0v) is 18.3. The Balaban J connectivity index is 1.32. The fourth-order valence-corrected chi connectivity index (χ4v) is 4.91. The standard InChI is InChI=1S/C24H20F3N3O5/c1-13(31)28-14-2-6-16(7-3-14)30-12-23-11-10-18(35-23)19(20(23)22(30)33)21(32)29-15-4-8-17(9-5-15)34-24(25,26)27/h2-11,18-20H,12H2,1H3,(H,28,31)(H,29,32)/t18-,19-,20-,23-/m1/s1. The Morgan fingerprint density at radius 1 is 1.06 bits per heavy atom. The summed E-state index contributed by atoms with van der Waals surface area (Å²) in [5, 5.41) is 5.33. The predicted molar refractivity (Wildman–Crippen MR) is 119 cm³/mol. The quantitative estimate of drug-likeness (QED) is 0.630. The van der Waals surface area contributed by atoms with Gasteiger partial charge in [0, 0.05) is 24.0 Å². The monoisotopic (exact) mass is 487 g/mol. The van der Waals surface area contributed by atoms with Crippen molar-refractivity contribution in [2.45, 2.75) is 25.0 Å². The zero-order valence-electron chi connectivity index (χ0n) is 18.3. The molecular formula is C24H20F3N3O5. The number of amides is 3. The van der Waals surface area contributed by atoms with Gasteiger partial charge in [-0.25, -0.2) is 0 Å². The topological polar surface area (TPSA) is 97.0 Å². The van der Waals surface area contributed by atoms with E-state index in [1.54, 1.807) is 35.2 Å². The number of carbonyl (C=O) groups is 3. The smallest absolute Gasteiger partial charge is 0.406 e. The van der Waals surface area contributed by atoms with Gasteiger partial charge in [-0.15, -0.1) is 13.2 Å². The summed E-state index contributed by atoms with van der Waals surface area (Å²) in [5.74, 6) is -2.91. The number of hydrogen-bond acceptors (Lipinski definition) is 5. The second kappa shape index (κ2) is 8.12. The molecule has 35 heavy (non-hydrogen) atoms. The minimum absolute atomic E-state index is 0.213. The summed E-state index contributed by atoms with van der Waals surface area (Å²) in [6, 6.07) is 11.5. The molecule has 0 radical (unpaired) electrons. The Morgan fingerprint density at radius 2 is 1.69 bits per heavy atom. The molecule has 0 aliphatic carbocycles. The number of alkyl halides is 3. The zero-order chi connectivity index (χ0) is 25.0. The molecule has 3 aliphatic heterocycles. The van der Waals surface area contributed by atoms with Gasteiger partial charge >= 0.3 is 6.36 Å². The second-order valence-corrected chi connectivity index (χ2v) is 8.61. The van der Waals surface area contributed by atoms with Gasteiger partial charge < -0.3 is 25.0 Å². The average molecular weight is 487 g/mol. The molecule has 8 nitrogen and oxygen atoms in total. The third kappa shape index (κ3) is 4.23. The SMILES string of the molecule is CC(=O)Nc1ccc(N2C[C@@]34C=C[C@@H](O3)[C@@H](C(=O)Nc3ccc(OC(F)(F)F)cc3)[C@@H]4C2=O)cc1. The van der Waals surface area contributed by atoms with E-state index >= 15 is 0 Å². The first-order valence-electron chi connectivity index (χ1n) is 10.8. The van der Waals surface area contributed by atoms with E-state index < -0.39 is 41.6 Å². The highest BCUT2D eigenvalue weighted by molar-refractivity contribution is 6.05. The number of ether oxygens (including phenoxy) is 2. The van der Waals surface area contributed by atoms with E-state index in [0.29, 0.717) is 11.4 Å². The van der Waals surface area contributed by atoms with Gasteiger partial charge in [0.1, 0.15) is 11.4 Å². The fraction of sp³-hybridized carbons (Fsp3) is 0.292. The van der Waals surface area contributed by atoms with Crippen LogP contribution in [0.25, 0.3) is 0 Å². The van der Waals surface area contributed by atoms with Gasteiger partial charge in [-0.05, 0) is 48.5 Å². The van der Waals surface area contributed by atoms with Crippen LogP contribution in [-0.2, 0) is 19.1 Å². The normalized spacial score (nSPS) is 26.6. The lowest BCUT2D eigenvalue weighted by Crippen LogP contribution is -2.41. The molecule has 2 bridgehead atoms. The van der Waals surface area contributed by atoms with Crippen molar-refractivity contribution in [1.82, 2.24) is 0 Å². The first-order valence-corrected chi connectivity index (χ1v) is 10.8. The van der Waals surface area contributed by atoms with Gasteiger partial charge in [0.15, 0.2) is 0 Å². The van der Waals surface area contributed by atoms with Gasteiger partial charge in [-0.3, -0.25) is 14.4 Å². The third-order valence-electron chi connectivity index (χ3n) is 6.26. The maximum Gasteiger partial charge on any atom is 0.573 e. The maximum atomic E-state index is 13.4. The van der Waals surface area contributed by atoms with Gasteiger partial charge in [-0.2, -0.15) is 0 Å². The number of rotatable bonds is 5. The molecule has 0 saturated carbocycles. The van der Waals surface area contributed by atoms with Crippen LogP contribution < -0.4 is 20.3 Å². The van der Waals surface area contributed by atoms with Crippen LogP contribution in [0.2, 0.25) is 0 Å². The summed E-state index contributed by atoms with van der Waals surface area (Å²) >= 11 is 0. The molecule has 3 aliphatic rings. The van der Waals surface area contributed by atoms with E-state index in [1.165, 1.54) is 19.1 Å². The molecule has 2 fully saturated rings. The van der Waals surface area contributed by atoms with E-state index in [1.807, 2.05) is 6.08 Å². The van der Waals surface area contributed by atoms with E-state index in [0.717, 1.165) is 12.1 Å². The van der Waals surface area contributed by atoms with Crippen LogP contribution in [0.4, 0.5) is 30.2 Å². The lowest BCUT2D eigenvalue weighted by molar-refractivity contribution is -0.274. The van der Waals surface area contributed by atoms with Crippen LogP contribution in [0.3, 0.4) is 0 Å². The molecule has 4 atom stereocenters. The van der Waals surface area contributed by atoms with Crippen molar-refractivity contribution < 1.29 is 37.0 Å². The summed E-state index contributed by atoms with van der Waals surface area (Å²) in [6.07, 6.45) is -1.82. The van der Waals surface area contributed by atoms with Crippen LogP contribution in [0.1, 0.15) is 6.92 Å². The maximum absolute atomic E-state index is 13.4. The molecule has 2 saturated heterocycles. The van der Waals surface area contributed by atoms with Gasteiger partial charge in [-0.1, -0.05) is 12.2 Å². The van der Waals surface area contributed by atoms with Gasteiger partial charge in [0.05, 0.1) is 24.5 Å². The molecule has 2 aromatic carbocycles. The number of anilines is 3. The van der Waals surface area contributed by atoms with Crippen molar-refractivity contribution in [1.29, 1.82) is 0 Å². The van der Waals surface area contributed by atoms with Crippen molar-refractivity contribution in [2.75, 3.05) is 22.1 Å². The van der Waals surface area contributed by atoms with Crippen molar-refractivity contribution in [3.63, 3.8) is 0 Å². The number of halogens is 3. The molecular weight excluding hydrogens is 467 g/mol. The Labute approximate surface area is 197 Å². The van der Waals surface area contributed by atoms with E-state index in [9.17, 15) is 27.6 Å². The summed E-state index contributed by atoms with van der Waals surface area (Å²) < 4.78 is 47.0. The van der Waals surface area contributed by atoms with Crippen molar-refractivity contribution in [3.05, 3.63) is 60.7 Å². The number of carbonyl (C=O) groups excluding carboxylic acids is 3. The van der Waals surface area contributed by atoms with Crippen LogP contribution in [0.5, 0.6) is 5.75 Å². The minimum Gasteiger partial charge on any atom is -0.406 e. The summed E-state index contributed by atoms with van der Waals surface area (Å²) in [4.78, 5) is 39.4. The number of hydrogen-bond donors (Lipinski definition) is 2. The third-order valence-corrected chi connectivity index (χ3v) is 6.26. The highest BCUT2D eigenvalue weighted by Crippen LogP contribution is 2.52. The molecule has 5 rings (SSSR count). The van der Waals surface area contributed by atoms with Gasteiger partial charge in [0.25, 0.3) is 0 Å². The summed E-state index contributed by atoms with van der Waals surface area (Å²) in [5.41, 5.74) is 0.519. The van der Waals surface area contributed by atoms with E-state index in [4.69, 9.17) is 4.74 Å². The molecule has 0 unspecified atom stereocenters. The molecule has 2 N–H and O–H groups in total. The van der Waals surface area contributed by atoms with Crippen LogP contribution in [0, 0.1) is 11.8 Å². The Kier molecular flexibility index (Phi) is 5.32. The second-order valence-electron chi connectivity index (χ2n) is 8.61. The number of nitrogens with zero attached hydrogens (tertiary/aromatic N) is 1. The molecule has 182 valence electrons. The first kappa shape index (κ1) is 22.9. The molecule has 2 aromatic rings. The highest BCUT2D eigenvalue weighted by Gasteiger charge is 2.67. The Morgan fingerprint density at radius 3 is 2.31 bits per heavy atom. The number of fused-ring (bicyclic) bond motifs is 1.